The Bertz CT molecular complexity index is 462. The topological polar surface area (TPSA) is 35.5 Å². The van der Waals surface area contributed by atoms with Crippen molar-refractivity contribution in [2.45, 2.75) is 60.0 Å². The molecule has 0 heterocycles. The number of carbonyl (C=O) groups excluding carboxylic acids is 1. The minimum absolute atomic E-state index is 0.0734. The van der Waals surface area contributed by atoms with Crippen molar-refractivity contribution >= 4 is 5.97 Å². The van der Waals surface area contributed by atoms with Gasteiger partial charge in [0.05, 0.1) is 19.1 Å². The molecule has 0 radical (unpaired) electrons. The van der Waals surface area contributed by atoms with E-state index in [1.54, 1.807) is 0 Å². The van der Waals surface area contributed by atoms with Gasteiger partial charge in [-0.3, -0.25) is 4.79 Å². The monoisotopic (exact) mass is 292 g/mol. The fourth-order valence-electron chi connectivity index (χ4n) is 2.02. The van der Waals surface area contributed by atoms with Gasteiger partial charge >= 0.3 is 5.97 Å². The molecule has 1 rings (SSSR count). The highest BCUT2D eigenvalue weighted by atomic mass is 16.5. The maximum absolute atomic E-state index is 11.8. The highest BCUT2D eigenvalue weighted by Gasteiger charge is 2.13. The van der Waals surface area contributed by atoms with Gasteiger partial charge in [-0.2, -0.15) is 0 Å². The van der Waals surface area contributed by atoms with Gasteiger partial charge < -0.3 is 9.47 Å². The van der Waals surface area contributed by atoms with Crippen molar-refractivity contribution in [1.82, 2.24) is 0 Å². The molecule has 0 aliphatic heterocycles. The van der Waals surface area contributed by atoms with Crippen molar-refractivity contribution in [3.8, 4) is 5.75 Å². The lowest BCUT2D eigenvalue weighted by Gasteiger charge is -2.17. The van der Waals surface area contributed by atoms with Crippen LogP contribution in [0.15, 0.2) is 18.2 Å². The summed E-state index contributed by atoms with van der Waals surface area (Å²) in [5.74, 6) is 1.58. The van der Waals surface area contributed by atoms with Crippen LogP contribution < -0.4 is 4.74 Å². The predicted octanol–water partition coefficient (Wildman–Crippen LogP) is 4.34. The smallest absolute Gasteiger partial charge is 0.310 e. The first-order valence-corrected chi connectivity index (χ1v) is 7.74. The molecule has 0 unspecified atom stereocenters. The van der Waals surface area contributed by atoms with Crippen LogP contribution in [0.3, 0.4) is 0 Å². The van der Waals surface area contributed by atoms with Gasteiger partial charge in [-0.05, 0) is 42.9 Å². The third-order valence-electron chi connectivity index (χ3n) is 2.98. The van der Waals surface area contributed by atoms with E-state index in [1.807, 2.05) is 26.0 Å². The molecule has 0 N–H and O–H groups in total. The number of benzene rings is 1. The average molecular weight is 292 g/mol. The number of hydrogen-bond acceptors (Lipinski definition) is 3. The number of hydrogen-bond donors (Lipinski definition) is 0. The molecular weight excluding hydrogens is 264 g/mol. The Labute approximate surface area is 128 Å². The Morgan fingerprint density at radius 2 is 1.76 bits per heavy atom. The van der Waals surface area contributed by atoms with E-state index in [0.717, 1.165) is 16.9 Å². The molecule has 3 heteroatoms. The quantitative estimate of drug-likeness (QED) is 0.701. The fraction of sp³-hybridized carbons (Fsp3) is 0.611. The van der Waals surface area contributed by atoms with E-state index in [-0.39, 0.29) is 12.1 Å². The number of carbonyl (C=O) groups is 1. The van der Waals surface area contributed by atoms with Crippen LogP contribution in [0.25, 0.3) is 0 Å². The minimum Gasteiger partial charge on any atom is -0.493 e. The van der Waals surface area contributed by atoms with Crippen molar-refractivity contribution in [3.05, 3.63) is 29.3 Å². The molecule has 0 aliphatic rings. The van der Waals surface area contributed by atoms with Crippen LogP contribution in [0.2, 0.25) is 0 Å². The van der Waals surface area contributed by atoms with Crippen LogP contribution in [0.1, 0.15) is 58.6 Å². The summed E-state index contributed by atoms with van der Waals surface area (Å²) in [5.41, 5.74) is 2.12. The van der Waals surface area contributed by atoms with Crippen molar-refractivity contribution < 1.29 is 14.3 Å². The maximum atomic E-state index is 11.8. The molecule has 0 aliphatic carbocycles. The lowest BCUT2D eigenvalue weighted by Crippen LogP contribution is -2.14. The number of rotatable bonds is 7. The zero-order valence-corrected chi connectivity index (χ0v) is 14.1. The van der Waals surface area contributed by atoms with Gasteiger partial charge in [0.2, 0.25) is 0 Å². The van der Waals surface area contributed by atoms with Gasteiger partial charge in [0.1, 0.15) is 5.75 Å². The summed E-state index contributed by atoms with van der Waals surface area (Å²) in [7, 11) is 0. The molecule has 1 aromatic carbocycles. The number of ether oxygens (including phenoxy) is 2. The maximum Gasteiger partial charge on any atom is 0.310 e. The van der Waals surface area contributed by atoms with Crippen molar-refractivity contribution in [2.75, 3.05) is 6.61 Å². The molecule has 0 spiro atoms. The second-order valence-corrected chi connectivity index (χ2v) is 6.45. The van der Waals surface area contributed by atoms with E-state index in [1.165, 1.54) is 0 Å². The summed E-state index contributed by atoms with van der Waals surface area (Å²) < 4.78 is 11.1. The standard InChI is InChI=1S/C18H28O3/c1-12(2)11-20-17-8-7-15(9-16(17)13(3)4)10-18(19)21-14(5)6/h7-9,12-14H,10-11H2,1-6H3. The van der Waals surface area contributed by atoms with Gasteiger partial charge in [0.25, 0.3) is 0 Å². The second-order valence-electron chi connectivity index (χ2n) is 6.45. The van der Waals surface area contributed by atoms with Gasteiger partial charge in [-0.1, -0.05) is 39.8 Å². The van der Waals surface area contributed by atoms with Gasteiger partial charge in [-0.15, -0.1) is 0 Å². The molecule has 0 saturated carbocycles. The molecule has 0 aromatic heterocycles. The van der Waals surface area contributed by atoms with E-state index in [4.69, 9.17) is 9.47 Å². The molecule has 3 nitrogen and oxygen atoms in total. The highest BCUT2D eigenvalue weighted by molar-refractivity contribution is 5.73. The largest absolute Gasteiger partial charge is 0.493 e. The Hall–Kier alpha value is -1.51. The molecule has 0 bridgehead atoms. The molecule has 0 fully saturated rings. The summed E-state index contributed by atoms with van der Waals surface area (Å²) in [4.78, 5) is 11.8. The lowest BCUT2D eigenvalue weighted by atomic mass is 9.98. The Morgan fingerprint density at radius 1 is 1.10 bits per heavy atom. The first-order valence-electron chi connectivity index (χ1n) is 7.74. The van der Waals surface area contributed by atoms with E-state index < -0.39 is 0 Å². The summed E-state index contributed by atoms with van der Waals surface area (Å²) in [6.07, 6.45) is 0.234. The van der Waals surface area contributed by atoms with Crippen LogP contribution in [-0.4, -0.2) is 18.7 Å². The molecular formula is C18H28O3. The summed E-state index contributed by atoms with van der Waals surface area (Å²) >= 11 is 0. The van der Waals surface area contributed by atoms with Gasteiger partial charge in [0, 0.05) is 0 Å². The van der Waals surface area contributed by atoms with Crippen LogP contribution in [0.4, 0.5) is 0 Å². The van der Waals surface area contributed by atoms with Gasteiger partial charge in [-0.25, -0.2) is 0 Å². The Kier molecular flexibility index (Phi) is 6.73. The minimum atomic E-state index is -0.185. The predicted molar refractivity (Wildman–Crippen MR) is 85.8 cm³/mol. The molecule has 0 saturated heterocycles. The van der Waals surface area contributed by atoms with Crippen LogP contribution >= 0.6 is 0 Å². The van der Waals surface area contributed by atoms with Gasteiger partial charge in [0.15, 0.2) is 0 Å². The molecule has 21 heavy (non-hydrogen) atoms. The SMILES string of the molecule is CC(C)COc1ccc(CC(=O)OC(C)C)cc1C(C)C. The third-order valence-corrected chi connectivity index (χ3v) is 2.98. The van der Waals surface area contributed by atoms with Crippen LogP contribution in [0.5, 0.6) is 5.75 Å². The highest BCUT2D eigenvalue weighted by Crippen LogP contribution is 2.28. The zero-order chi connectivity index (χ0) is 16.0. The Balaban J connectivity index is 2.85. The van der Waals surface area contributed by atoms with Crippen LogP contribution in [0, 0.1) is 5.92 Å². The third kappa shape index (κ3) is 6.19. The number of esters is 1. The van der Waals surface area contributed by atoms with Crippen LogP contribution in [-0.2, 0) is 16.0 Å². The van der Waals surface area contributed by atoms with E-state index in [0.29, 0.717) is 24.9 Å². The zero-order valence-electron chi connectivity index (χ0n) is 14.1. The summed E-state index contributed by atoms with van der Waals surface area (Å²) in [6.45, 7) is 13.0. The first-order chi connectivity index (χ1) is 9.79. The van der Waals surface area contributed by atoms with E-state index in [2.05, 4.69) is 33.8 Å². The van der Waals surface area contributed by atoms with Crippen molar-refractivity contribution in [1.29, 1.82) is 0 Å². The Morgan fingerprint density at radius 3 is 2.29 bits per heavy atom. The second kappa shape index (κ2) is 8.06. The van der Waals surface area contributed by atoms with Crippen molar-refractivity contribution in [3.63, 3.8) is 0 Å². The fourth-order valence-corrected chi connectivity index (χ4v) is 2.02. The molecule has 1 aromatic rings. The summed E-state index contributed by atoms with van der Waals surface area (Å²) in [6, 6.07) is 5.97. The van der Waals surface area contributed by atoms with E-state index in [9.17, 15) is 4.79 Å². The van der Waals surface area contributed by atoms with Crippen molar-refractivity contribution in [2.24, 2.45) is 5.92 Å². The summed E-state index contributed by atoms with van der Waals surface area (Å²) in [5, 5.41) is 0. The average Bonchev–Trinajstić information content (AvgIpc) is 2.35. The lowest BCUT2D eigenvalue weighted by molar-refractivity contribution is -0.146. The first kappa shape index (κ1) is 17.5. The normalized spacial score (nSPS) is 11.3. The van der Waals surface area contributed by atoms with E-state index >= 15 is 0 Å². The molecule has 118 valence electrons. The molecule has 0 amide bonds. The molecule has 0 atom stereocenters.